The number of thiophene rings is 1. The minimum Gasteiger partial charge on any atom is -0.365 e. The number of nitrogens with zero attached hydrogens (tertiary/aromatic N) is 6. The number of anilines is 1. The van der Waals surface area contributed by atoms with Crippen LogP contribution in [0.4, 0.5) is 5.95 Å². The van der Waals surface area contributed by atoms with E-state index >= 15 is 0 Å². The maximum Gasteiger partial charge on any atom is 0.226 e. The number of H-pyrrole nitrogens is 1. The fourth-order valence-corrected chi connectivity index (χ4v) is 6.98. The van der Waals surface area contributed by atoms with Crippen LogP contribution in [-0.4, -0.2) is 95.0 Å². The van der Waals surface area contributed by atoms with Gasteiger partial charge in [0.15, 0.2) is 0 Å². The molecule has 0 spiro atoms. The number of ether oxygens (including phenoxy) is 1. The van der Waals surface area contributed by atoms with Crippen LogP contribution in [0.3, 0.4) is 0 Å². The molecule has 0 amide bonds. The van der Waals surface area contributed by atoms with E-state index in [0.29, 0.717) is 45.2 Å². The minimum atomic E-state index is -3.20. The highest BCUT2D eigenvalue weighted by Crippen LogP contribution is 2.37. The molecule has 2 aliphatic heterocycles. The van der Waals surface area contributed by atoms with Crippen LogP contribution >= 0.6 is 11.3 Å². The molecule has 1 N–H and O–H groups in total. The smallest absolute Gasteiger partial charge is 0.226 e. The van der Waals surface area contributed by atoms with Gasteiger partial charge in [-0.1, -0.05) is 12.1 Å². The lowest BCUT2D eigenvalue weighted by atomic mass is 9.91. The zero-order valence-electron chi connectivity index (χ0n) is 21.2. The van der Waals surface area contributed by atoms with Gasteiger partial charge in [-0.15, -0.1) is 11.3 Å². The molecule has 196 valence electrons. The molecule has 2 saturated heterocycles. The van der Waals surface area contributed by atoms with Gasteiger partial charge in [0.2, 0.25) is 16.0 Å². The van der Waals surface area contributed by atoms with Crippen LogP contribution in [0.25, 0.3) is 21.1 Å². The molecule has 2 atom stereocenters. The van der Waals surface area contributed by atoms with Crippen LogP contribution in [0.5, 0.6) is 0 Å². The van der Waals surface area contributed by atoms with E-state index in [0.717, 1.165) is 26.7 Å². The van der Waals surface area contributed by atoms with Gasteiger partial charge in [0.05, 0.1) is 47.0 Å². The molecule has 0 bridgehead atoms. The summed E-state index contributed by atoms with van der Waals surface area (Å²) in [6.07, 6.45) is 4.65. The molecule has 3 aromatic heterocycles. The molecule has 6 rings (SSSR count). The molecule has 4 aromatic rings. The number of hydrogen-bond donors (Lipinski definition) is 1. The van der Waals surface area contributed by atoms with E-state index in [-0.39, 0.29) is 17.7 Å². The van der Waals surface area contributed by atoms with E-state index < -0.39 is 10.0 Å². The first-order chi connectivity index (χ1) is 17.7. The van der Waals surface area contributed by atoms with Gasteiger partial charge in [-0.05, 0) is 36.9 Å². The first kappa shape index (κ1) is 24.7. The third-order valence-electron chi connectivity index (χ3n) is 7.75. The standard InChI is InChI=1S/C25H31N7O3S2/c1-25(2,31-8-10-32(11-9-31)37(3,33)34)23-16-30(24-26-14-22-20(28-24)7-12-36-22)15-21(35-23)17-5-4-6-19-18(17)13-27-29-19/h4-7,12-14,21,23H,8-11,15-16H2,1-3H3,(H,27,29). The van der Waals surface area contributed by atoms with E-state index in [4.69, 9.17) is 14.7 Å². The van der Waals surface area contributed by atoms with Gasteiger partial charge < -0.3 is 9.64 Å². The zero-order chi connectivity index (χ0) is 25.8. The Kier molecular flexibility index (Phi) is 6.19. The van der Waals surface area contributed by atoms with E-state index in [2.05, 4.69) is 39.9 Å². The Balaban J connectivity index is 1.33. The van der Waals surface area contributed by atoms with Gasteiger partial charge in [0.1, 0.15) is 6.10 Å². The number of hydrogen-bond acceptors (Lipinski definition) is 9. The van der Waals surface area contributed by atoms with Crippen molar-refractivity contribution in [3.05, 3.63) is 47.6 Å². The first-order valence-electron chi connectivity index (χ1n) is 12.4. The molecule has 5 heterocycles. The second-order valence-electron chi connectivity index (χ2n) is 10.3. The molecule has 2 fully saturated rings. The monoisotopic (exact) mass is 541 g/mol. The molecule has 0 saturated carbocycles. The van der Waals surface area contributed by atoms with Crippen molar-refractivity contribution in [2.45, 2.75) is 31.6 Å². The lowest BCUT2D eigenvalue weighted by Gasteiger charge is -2.51. The van der Waals surface area contributed by atoms with Crippen LogP contribution in [0.15, 0.2) is 42.0 Å². The van der Waals surface area contributed by atoms with E-state index in [1.165, 1.54) is 6.26 Å². The zero-order valence-corrected chi connectivity index (χ0v) is 22.8. The summed E-state index contributed by atoms with van der Waals surface area (Å²) in [4.78, 5) is 14.2. The summed E-state index contributed by atoms with van der Waals surface area (Å²) in [7, 11) is -3.20. The summed E-state index contributed by atoms with van der Waals surface area (Å²) in [5.74, 6) is 0.696. The summed E-state index contributed by atoms with van der Waals surface area (Å²) >= 11 is 1.64. The summed E-state index contributed by atoms with van der Waals surface area (Å²) in [6.45, 7) is 7.90. The third-order valence-corrected chi connectivity index (χ3v) is 9.89. The summed E-state index contributed by atoms with van der Waals surface area (Å²) in [6, 6.07) is 8.17. The molecule has 2 aliphatic rings. The van der Waals surface area contributed by atoms with Crippen molar-refractivity contribution in [2.24, 2.45) is 0 Å². The fourth-order valence-electron chi connectivity index (χ4n) is 5.46. The highest BCUT2D eigenvalue weighted by atomic mass is 32.2. The first-order valence-corrected chi connectivity index (χ1v) is 15.2. The van der Waals surface area contributed by atoms with Crippen molar-refractivity contribution in [1.82, 2.24) is 29.4 Å². The Hall–Kier alpha value is -2.64. The van der Waals surface area contributed by atoms with Crippen LogP contribution in [0.2, 0.25) is 0 Å². The number of fused-ring (bicyclic) bond motifs is 2. The Bertz CT molecular complexity index is 1530. The van der Waals surface area contributed by atoms with Crippen molar-refractivity contribution < 1.29 is 13.2 Å². The topological polar surface area (TPSA) is 108 Å². The number of morpholine rings is 1. The number of sulfonamides is 1. The lowest BCUT2D eigenvalue weighted by molar-refractivity contribution is -0.108. The average Bonchev–Trinajstić information content (AvgIpc) is 3.57. The molecular weight excluding hydrogens is 510 g/mol. The predicted octanol–water partition coefficient (Wildman–Crippen LogP) is 2.87. The van der Waals surface area contributed by atoms with Gasteiger partial charge in [-0.2, -0.15) is 9.40 Å². The number of aromatic nitrogens is 4. The summed E-state index contributed by atoms with van der Waals surface area (Å²) in [5, 5.41) is 10.4. The summed E-state index contributed by atoms with van der Waals surface area (Å²) in [5.41, 5.74) is 2.65. The van der Waals surface area contributed by atoms with Crippen LogP contribution in [0.1, 0.15) is 25.5 Å². The molecule has 1 aromatic carbocycles. The fraction of sp³-hybridized carbons (Fsp3) is 0.480. The Morgan fingerprint density at radius 3 is 2.70 bits per heavy atom. The quantitative estimate of drug-likeness (QED) is 0.411. The van der Waals surface area contributed by atoms with Crippen molar-refractivity contribution in [2.75, 3.05) is 50.4 Å². The molecule has 10 nitrogen and oxygen atoms in total. The second-order valence-corrected chi connectivity index (χ2v) is 13.3. The third kappa shape index (κ3) is 4.61. The Labute approximate surface area is 220 Å². The lowest BCUT2D eigenvalue weighted by Crippen LogP contribution is -2.64. The predicted molar refractivity (Wildman–Crippen MR) is 145 cm³/mol. The molecular formula is C25H31N7O3S2. The SMILES string of the molecule is CC(C)(C1CN(c2ncc3sccc3n2)CC(c2cccc3[nH]ncc23)O1)N1CCN(S(C)(=O)=O)CC1. The van der Waals surface area contributed by atoms with Gasteiger partial charge in [-0.25, -0.2) is 18.4 Å². The highest BCUT2D eigenvalue weighted by molar-refractivity contribution is 7.88. The maximum absolute atomic E-state index is 12.1. The van der Waals surface area contributed by atoms with Gasteiger partial charge in [0, 0.05) is 43.6 Å². The van der Waals surface area contributed by atoms with E-state index in [1.54, 1.807) is 15.6 Å². The molecule has 0 aliphatic carbocycles. The maximum atomic E-state index is 12.1. The molecule has 0 radical (unpaired) electrons. The van der Waals surface area contributed by atoms with Crippen molar-refractivity contribution in [3.63, 3.8) is 0 Å². The summed E-state index contributed by atoms with van der Waals surface area (Å²) < 4.78 is 33.6. The minimum absolute atomic E-state index is 0.167. The number of piperazine rings is 1. The number of rotatable bonds is 5. The van der Waals surface area contributed by atoms with Crippen molar-refractivity contribution in [3.8, 4) is 0 Å². The van der Waals surface area contributed by atoms with Crippen LogP contribution in [0, 0.1) is 0 Å². The van der Waals surface area contributed by atoms with E-state index in [9.17, 15) is 8.42 Å². The molecule has 37 heavy (non-hydrogen) atoms. The largest absolute Gasteiger partial charge is 0.365 e. The number of nitrogens with one attached hydrogen (secondary N) is 1. The normalized spacial score (nSPS) is 22.7. The van der Waals surface area contributed by atoms with E-state index in [1.807, 2.05) is 36.0 Å². The molecule has 2 unspecified atom stereocenters. The highest BCUT2D eigenvalue weighted by Gasteiger charge is 2.44. The Morgan fingerprint density at radius 1 is 1.11 bits per heavy atom. The number of aromatic amines is 1. The average molecular weight is 542 g/mol. The Morgan fingerprint density at radius 2 is 1.92 bits per heavy atom. The van der Waals surface area contributed by atoms with Gasteiger partial charge in [-0.3, -0.25) is 10.00 Å². The van der Waals surface area contributed by atoms with Gasteiger partial charge >= 0.3 is 0 Å². The number of benzene rings is 1. The van der Waals surface area contributed by atoms with Crippen molar-refractivity contribution in [1.29, 1.82) is 0 Å². The second kappa shape index (κ2) is 9.28. The molecule has 12 heteroatoms. The van der Waals surface area contributed by atoms with Crippen LogP contribution < -0.4 is 4.90 Å². The van der Waals surface area contributed by atoms with Crippen molar-refractivity contribution >= 4 is 48.4 Å². The van der Waals surface area contributed by atoms with Gasteiger partial charge in [0.25, 0.3) is 0 Å². The van der Waals surface area contributed by atoms with Crippen LogP contribution in [-0.2, 0) is 14.8 Å².